The molecule has 1 N–H and O–H groups in total. The highest BCUT2D eigenvalue weighted by Gasteiger charge is 2.31. The first-order valence-electron chi connectivity index (χ1n) is 10.0. The fraction of sp³-hybridized carbons (Fsp3) is 0.125. The van der Waals surface area contributed by atoms with E-state index in [2.05, 4.69) is 14.8 Å². The zero-order valence-corrected chi connectivity index (χ0v) is 18.0. The first-order valence-corrected chi connectivity index (χ1v) is 10.0. The number of amides is 1. The standard InChI is InChI=1S/C24H18F3N3O4/c1-14-4-3-5-15(2)21(14)30(23(31)32)28-13-16-6-11-20-19(12-16)29-22(33-20)17-7-9-18(10-8-17)34-24(25,26)27/h3-13H,1-2H3,(H,31,32). The fourth-order valence-electron chi connectivity index (χ4n) is 3.41. The van der Waals surface area contributed by atoms with Gasteiger partial charge in [-0.2, -0.15) is 10.1 Å². The number of hydrogen-bond acceptors (Lipinski definition) is 5. The molecule has 174 valence electrons. The molecule has 10 heteroatoms. The maximum Gasteiger partial charge on any atom is 0.573 e. The van der Waals surface area contributed by atoms with E-state index in [0.717, 1.165) is 16.1 Å². The summed E-state index contributed by atoms with van der Waals surface area (Å²) in [5.74, 6) is -0.136. The number of halogens is 3. The Bertz CT molecular complexity index is 1360. The van der Waals surface area contributed by atoms with Crippen molar-refractivity contribution in [2.45, 2.75) is 20.2 Å². The molecule has 0 aliphatic rings. The summed E-state index contributed by atoms with van der Waals surface area (Å²) in [4.78, 5) is 16.2. The van der Waals surface area contributed by atoms with E-state index in [-0.39, 0.29) is 11.6 Å². The zero-order valence-electron chi connectivity index (χ0n) is 18.0. The Morgan fingerprint density at radius 3 is 2.38 bits per heavy atom. The molecular formula is C24H18F3N3O4. The number of anilines is 1. The normalized spacial score (nSPS) is 11.8. The van der Waals surface area contributed by atoms with Crippen molar-refractivity contribution in [1.29, 1.82) is 0 Å². The summed E-state index contributed by atoms with van der Waals surface area (Å²) in [5.41, 5.74) is 3.99. The van der Waals surface area contributed by atoms with Crippen molar-refractivity contribution >= 4 is 29.1 Å². The van der Waals surface area contributed by atoms with Gasteiger partial charge in [-0.3, -0.25) is 0 Å². The van der Waals surface area contributed by atoms with Crippen LogP contribution in [0.15, 0.2) is 70.2 Å². The van der Waals surface area contributed by atoms with Crippen molar-refractivity contribution in [3.63, 3.8) is 0 Å². The largest absolute Gasteiger partial charge is 0.573 e. The number of aromatic nitrogens is 1. The van der Waals surface area contributed by atoms with Gasteiger partial charge in [-0.15, -0.1) is 13.2 Å². The molecule has 34 heavy (non-hydrogen) atoms. The summed E-state index contributed by atoms with van der Waals surface area (Å²) in [6.45, 7) is 3.61. The zero-order chi connectivity index (χ0) is 24.5. The lowest BCUT2D eigenvalue weighted by molar-refractivity contribution is -0.274. The van der Waals surface area contributed by atoms with Gasteiger partial charge >= 0.3 is 12.5 Å². The van der Waals surface area contributed by atoms with Crippen LogP contribution in [0.5, 0.6) is 5.75 Å². The number of oxazole rings is 1. The summed E-state index contributed by atoms with van der Waals surface area (Å²) in [5, 5.41) is 14.7. The molecule has 0 saturated heterocycles. The van der Waals surface area contributed by atoms with Crippen LogP contribution in [-0.4, -0.2) is 28.8 Å². The molecule has 0 unspecified atom stereocenters. The number of fused-ring (bicyclic) bond motifs is 1. The van der Waals surface area contributed by atoms with Gasteiger partial charge in [0.1, 0.15) is 11.3 Å². The van der Waals surface area contributed by atoms with Crippen LogP contribution in [0, 0.1) is 13.8 Å². The number of carboxylic acid groups (broad SMARTS) is 1. The molecule has 0 spiro atoms. The molecule has 0 fully saturated rings. The molecule has 4 rings (SSSR count). The SMILES string of the molecule is Cc1cccc(C)c1N(N=Cc1ccc2oc(-c3ccc(OC(F)(F)F)cc3)nc2c1)C(=O)O. The molecule has 1 aromatic heterocycles. The van der Waals surface area contributed by atoms with Gasteiger partial charge < -0.3 is 14.3 Å². The monoisotopic (exact) mass is 469 g/mol. The molecular weight excluding hydrogens is 451 g/mol. The Kier molecular flexibility index (Phi) is 5.97. The molecule has 0 aliphatic heterocycles. The second kappa shape index (κ2) is 8.89. The van der Waals surface area contributed by atoms with Crippen molar-refractivity contribution in [2.24, 2.45) is 5.10 Å². The summed E-state index contributed by atoms with van der Waals surface area (Å²) < 4.78 is 46.6. The molecule has 0 aliphatic carbocycles. The van der Waals surface area contributed by atoms with Crippen LogP contribution in [0.1, 0.15) is 16.7 Å². The molecule has 0 saturated carbocycles. The summed E-state index contributed by atoms with van der Waals surface area (Å²) in [6, 6.07) is 15.6. The first-order chi connectivity index (χ1) is 16.1. The van der Waals surface area contributed by atoms with E-state index < -0.39 is 12.5 Å². The minimum atomic E-state index is -4.77. The van der Waals surface area contributed by atoms with E-state index in [1.54, 1.807) is 44.2 Å². The van der Waals surface area contributed by atoms with Crippen molar-refractivity contribution in [1.82, 2.24) is 4.98 Å². The Morgan fingerprint density at radius 2 is 1.76 bits per heavy atom. The average Bonchev–Trinajstić information content (AvgIpc) is 3.18. The number of benzene rings is 3. The molecule has 7 nitrogen and oxygen atoms in total. The molecule has 0 radical (unpaired) electrons. The lowest BCUT2D eigenvalue weighted by Crippen LogP contribution is -2.25. The van der Waals surface area contributed by atoms with Gasteiger partial charge in [0.2, 0.25) is 5.89 Å². The molecule has 1 heterocycles. The second-order valence-electron chi connectivity index (χ2n) is 7.40. The van der Waals surface area contributed by atoms with Crippen LogP contribution in [-0.2, 0) is 0 Å². The number of aryl methyl sites for hydroxylation is 2. The van der Waals surface area contributed by atoms with Crippen LogP contribution in [0.25, 0.3) is 22.6 Å². The van der Waals surface area contributed by atoms with Crippen LogP contribution in [0.3, 0.4) is 0 Å². The summed E-state index contributed by atoms with van der Waals surface area (Å²) in [6.07, 6.45) is -4.60. The van der Waals surface area contributed by atoms with E-state index in [0.29, 0.717) is 27.9 Å². The average molecular weight is 469 g/mol. The van der Waals surface area contributed by atoms with Crippen LogP contribution < -0.4 is 9.75 Å². The lowest BCUT2D eigenvalue weighted by atomic mass is 10.1. The molecule has 4 aromatic rings. The maximum atomic E-state index is 12.3. The number of alkyl halides is 3. The number of rotatable bonds is 5. The quantitative estimate of drug-likeness (QED) is 0.265. The second-order valence-corrected chi connectivity index (χ2v) is 7.40. The summed E-state index contributed by atoms with van der Waals surface area (Å²) >= 11 is 0. The number of hydrazone groups is 1. The first kappa shape index (κ1) is 22.8. The van der Waals surface area contributed by atoms with Gasteiger partial charge in [-0.25, -0.2) is 9.78 Å². The highest BCUT2D eigenvalue weighted by atomic mass is 19.4. The van der Waals surface area contributed by atoms with Gasteiger partial charge in [-0.1, -0.05) is 18.2 Å². The van der Waals surface area contributed by atoms with Crippen LogP contribution in [0.2, 0.25) is 0 Å². The van der Waals surface area contributed by atoms with Crippen molar-refractivity contribution in [3.8, 4) is 17.2 Å². The van der Waals surface area contributed by atoms with Crippen molar-refractivity contribution < 1.29 is 32.2 Å². The predicted octanol–water partition coefficient (Wildman–Crippen LogP) is 6.53. The lowest BCUT2D eigenvalue weighted by Gasteiger charge is -2.18. The molecule has 1 amide bonds. The van der Waals surface area contributed by atoms with Gasteiger partial charge in [0.15, 0.2) is 5.58 Å². The smallest absolute Gasteiger partial charge is 0.463 e. The predicted molar refractivity (Wildman–Crippen MR) is 120 cm³/mol. The van der Waals surface area contributed by atoms with Gasteiger partial charge in [0, 0.05) is 5.56 Å². The van der Waals surface area contributed by atoms with Crippen molar-refractivity contribution in [3.05, 3.63) is 77.4 Å². The number of carbonyl (C=O) groups is 1. The molecule has 3 aromatic carbocycles. The topological polar surface area (TPSA) is 88.2 Å². The van der Waals surface area contributed by atoms with Gasteiger partial charge in [-0.05, 0) is 73.0 Å². The molecule has 0 bridgehead atoms. The van der Waals surface area contributed by atoms with E-state index >= 15 is 0 Å². The molecule has 0 atom stereocenters. The number of hydrogen-bond donors (Lipinski definition) is 1. The number of para-hydroxylation sites is 1. The number of nitrogens with zero attached hydrogens (tertiary/aromatic N) is 3. The van der Waals surface area contributed by atoms with Gasteiger partial charge in [0.25, 0.3) is 0 Å². The minimum absolute atomic E-state index is 0.213. The highest BCUT2D eigenvalue weighted by molar-refractivity contribution is 5.93. The third-order valence-corrected chi connectivity index (χ3v) is 4.90. The van der Waals surface area contributed by atoms with Crippen molar-refractivity contribution in [2.75, 3.05) is 5.01 Å². The Hall–Kier alpha value is -4.34. The highest BCUT2D eigenvalue weighted by Crippen LogP contribution is 2.29. The third-order valence-electron chi connectivity index (χ3n) is 4.90. The summed E-state index contributed by atoms with van der Waals surface area (Å²) in [7, 11) is 0. The number of ether oxygens (including phenoxy) is 1. The fourth-order valence-corrected chi connectivity index (χ4v) is 3.41. The van der Waals surface area contributed by atoms with E-state index in [9.17, 15) is 23.1 Å². The maximum absolute atomic E-state index is 12.3. The van der Waals surface area contributed by atoms with E-state index in [4.69, 9.17) is 4.42 Å². The Labute approximate surface area is 191 Å². The van der Waals surface area contributed by atoms with Gasteiger partial charge in [0.05, 0.1) is 11.9 Å². The minimum Gasteiger partial charge on any atom is -0.463 e. The van der Waals surface area contributed by atoms with E-state index in [1.807, 2.05) is 6.07 Å². The van der Waals surface area contributed by atoms with Crippen LogP contribution in [0.4, 0.5) is 23.7 Å². The third kappa shape index (κ3) is 5.01. The Balaban J connectivity index is 1.59. The Morgan fingerprint density at radius 1 is 1.09 bits per heavy atom. The van der Waals surface area contributed by atoms with Crippen LogP contribution >= 0.6 is 0 Å². The van der Waals surface area contributed by atoms with E-state index in [1.165, 1.54) is 30.5 Å².